The lowest BCUT2D eigenvalue weighted by Gasteiger charge is -2.39. The predicted molar refractivity (Wildman–Crippen MR) is 101 cm³/mol. The SMILES string of the molecule is CC12CCC(C=C1SSC1=CC3CCC1(C)C3(C)C)C2(C)C. The van der Waals surface area contributed by atoms with Gasteiger partial charge < -0.3 is 0 Å². The van der Waals surface area contributed by atoms with Gasteiger partial charge in [-0.25, -0.2) is 0 Å². The number of rotatable bonds is 3. The topological polar surface area (TPSA) is 0 Å². The molecular formula is C20H30S2. The van der Waals surface area contributed by atoms with Gasteiger partial charge in [0, 0.05) is 10.8 Å². The van der Waals surface area contributed by atoms with Crippen LogP contribution in [0.5, 0.6) is 0 Å². The van der Waals surface area contributed by atoms with E-state index in [0.717, 1.165) is 11.8 Å². The molecule has 0 saturated heterocycles. The monoisotopic (exact) mass is 334 g/mol. The van der Waals surface area contributed by atoms with Gasteiger partial charge in [0.1, 0.15) is 0 Å². The van der Waals surface area contributed by atoms with Crippen LogP contribution in [0.3, 0.4) is 0 Å². The van der Waals surface area contributed by atoms with E-state index in [4.69, 9.17) is 0 Å². The van der Waals surface area contributed by atoms with E-state index in [2.05, 4.69) is 75.3 Å². The molecule has 0 N–H and O–H groups in total. The zero-order valence-corrected chi connectivity index (χ0v) is 16.6. The van der Waals surface area contributed by atoms with Crippen molar-refractivity contribution in [3.8, 4) is 0 Å². The third-order valence-electron chi connectivity index (χ3n) is 8.62. The molecule has 4 unspecified atom stereocenters. The summed E-state index contributed by atoms with van der Waals surface area (Å²) in [5, 5.41) is 0. The molecule has 2 saturated carbocycles. The smallest absolute Gasteiger partial charge is 0.00470 e. The maximum absolute atomic E-state index is 2.61. The fourth-order valence-corrected chi connectivity index (χ4v) is 9.29. The van der Waals surface area contributed by atoms with Crippen molar-refractivity contribution in [1.82, 2.24) is 0 Å². The fourth-order valence-electron chi connectivity index (χ4n) is 5.60. The summed E-state index contributed by atoms with van der Waals surface area (Å²) < 4.78 is 0. The highest BCUT2D eigenvalue weighted by molar-refractivity contribution is 8.79. The Balaban J connectivity index is 1.52. The molecule has 0 spiro atoms. The normalized spacial score (nSPS) is 47.0. The summed E-state index contributed by atoms with van der Waals surface area (Å²) in [5.41, 5.74) is 1.76. The Morgan fingerprint density at radius 1 is 0.727 bits per heavy atom. The molecule has 0 amide bonds. The summed E-state index contributed by atoms with van der Waals surface area (Å²) in [7, 11) is 4.19. The van der Waals surface area contributed by atoms with Crippen LogP contribution in [0.25, 0.3) is 0 Å². The van der Waals surface area contributed by atoms with Crippen molar-refractivity contribution < 1.29 is 0 Å². The molecule has 2 fully saturated rings. The first-order valence-electron chi connectivity index (χ1n) is 8.92. The molecule has 0 nitrogen and oxygen atoms in total. The van der Waals surface area contributed by atoms with Gasteiger partial charge in [0.25, 0.3) is 0 Å². The van der Waals surface area contributed by atoms with E-state index in [1.54, 1.807) is 9.81 Å². The lowest BCUT2D eigenvalue weighted by atomic mass is 9.70. The van der Waals surface area contributed by atoms with Crippen LogP contribution in [0, 0.1) is 33.5 Å². The molecule has 4 rings (SSSR count). The summed E-state index contributed by atoms with van der Waals surface area (Å²) in [4.78, 5) is 3.34. The molecule has 122 valence electrons. The number of fused-ring (bicyclic) bond motifs is 4. The van der Waals surface area contributed by atoms with Crippen molar-refractivity contribution in [3.05, 3.63) is 22.0 Å². The second-order valence-electron chi connectivity index (χ2n) is 9.63. The fraction of sp³-hybridized carbons (Fsp3) is 0.800. The number of hydrogen-bond donors (Lipinski definition) is 0. The van der Waals surface area contributed by atoms with Crippen molar-refractivity contribution in [1.29, 1.82) is 0 Å². The molecule has 4 aliphatic rings. The van der Waals surface area contributed by atoms with E-state index >= 15 is 0 Å². The van der Waals surface area contributed by atoms with Gasteiger partial charge in [-0.05, 0) is 58.2 Å². The first kappa shape index (κ1) is 15.7. The van der Waals surface area contributed by atoms with E-state index in [1.807, 2.05) is 0 Å². The van der Waals surface area contributed by atoms with Gasteiger partial charge in [0.05, 0.1) is 0 Å². The quantitative estimate of drug-likeness (QED) is 0.507. The molecule has 4 atom stereocenters. The van der Waals surface area contributed by atoms with Crippen LogP contribution in [0.4, 0.5) is 0 Å². The maximum atomic E-state index is 2.61. The molecule has 0 radical (unpaired) electrons. The summed E-state index contributed by atoms with van der Waals surface area (Å²) in [6.45, 7) is 15.0. The molecule has 0 aliphatic heterocycles. The van der Waals surface area contributed by atoms with E-state index < -0.39 is 0 Å². The third-order valence-corrected chi connectivity index (χ3v) is 11.6. The van der Waals surface area contributed by atoms with Gasteiger partial charge >= 0.3 is 0 Å². The maximum Gasteiger partial charge on any atom is 0.00470 e. The Morgan fingerprint density at radius 2 is 1.09 bits per heavy atom. The van der Waals surface area contributed by atoms with Crippen molar-refractivity contribution in [2.45, 2.75) is 67.2 Å². The van der Waals surface area contributed by atoms with Gasteiger partial charge in [0.2, 0.25) is 0 Å². The average molecular weight is 335 g/mol. The van der Waals surface area contributed by atoms with Gasteiger partial charge in [-0.2, -0.15) is 0 Å². The molecule has 0 aromatic heterocycles. The zero-order chi connectivity index (χ0) is 16.0. The number of allylic oxidation sites excluding steroid dienone is 4. The highest BCUT2D eigenvalue weighted by Crippen LogP contribution is 2.72. The molecule has 2 heteroatoms. The molecule has 0 aromatic carbocycles. The van der Waals surface area contributed by atoms with Crippen molar-refractivity contribution in [2.75, 3.05) is 0 Å². The Morgan fingerprint density at radius 3 is 1.32 bits per heavy atom. The second-order valence-corrected chi connectivity index (χ2v) is 11.8. The minimum atomic E-state index is 0.421. The minimum absolute atomic E-state index is 0.421. The molecule has 0 aromatic rings. The lowest BCUT2D eigenvalue weighted by molar-refractivity contribution is 0.178. The van der Waals surface area contributed by atoms with Crippen LogP contribution in [0.1, 0.15) is 67.2 Å². The minimum Gasteiger partial charge on any atom is -0.0698 e. The Labute approximate surface area is 144 Å². The van der Waals surface area contributed by atoms with Crippen LogP contribution < -0.4 is 0 Å². The largest absolute Gasteiger partial charge is 0.0698 e. The van der Waals surface area contributed by atoms with E-state index in [0.29, 0.717) is 21.7 Å². The molecule has 4 bridgehead atoms. The molecule has 22 heavy (non-hydrogen) atoms. The molecule has 4 aliphatic carbocycles. The predicted octanol–water partition coefficient (Wildman–Crippen LogP) is 7.05. The second kappa shape index (κ2) is 4.42. The van der Waals surface area contributed by atoms with Crippen molar-refractivity contribution in [3.63, 3.8) is 0 Å². The highest BCUT2D eigenvalue weighted by Gasteiger charge is 2.59. The standard InChI is InChI=1S/C20H30S2/c1-17(2)13-7-9-19(17,5)15(11-13)21-22-16-12-14-8-10-20(16,6)18(14,3)4/h11-14H,7-10H2,1-6H3. The summed E-state index contributed by atoms with van der Waals surface area (Å²) in [6, 6.07) is 0. The van der Waals surface area contributed by atoms with Crippen LogP contribution >= 0.6 is 21.6 Å². The van der Waals surface area contributed by atoms with E-state index in [-0.39, 0.29) is 0 Å². The van der Waals surface area contributed by atoms with Gasteiger partial charge in [-0.1, -0.05) is 75.3 Å². The zero-order valence-electron chi connectivity index (χ0n) is 15.0. The highest BCUT2D eigenvalue weighted by atomic mass is 33.1. The van der Waals surface area contributed by atoms with Gasteiger partial charge in [-0.15, -0.1) is 0 Å². The third kappa shape index (κ3) is 1.64. The van der Waals surface area contributed by atoms with Crippen molar-refractivity contribution in [2.24, 2.45) is 33.5 Å². The van der Waals surface area contributed by atoms with Gasteiger partial charge in [0.15, 0.2) is 0 Å². The summed E-state index contributed by atoms with van der Waals surface area (Å²) in [5.74, 6) is 1.61. The van der Waals surface area contributed by atoms with E-state index in [1.165, 1.54) is 25.7 Å². The molecule has 0 heterocycles. The van der Waals surface area contributed by atoms with Gasteiger partial charge in [-0.3, -0.25) is 0 Å². The van der Waals surface area contributed by atoms with Crippen LogP contribution in [0.2, 0.25) is 0 Å². The summed E-state index contributed by atoms with van der Waals surface area (Å²) in [6.07, 6.45) is 10.8. The van der Waals surface area contributed by atoms with Crippen molar-refractivity contribution >= 4 is 21.6 Å². The Kier molecular flexibility index (Phi) is 3.15. The Hall–Kier alpha value is 0.180. The Bertz CT molecular complexity index is 531. The van der Waals surface area contributed by atoms with E-state index in [9.17, 15) is 0 Å². The first-order chi connectivity index (χ1) is 10.1. The van der Waals surface area contributed by atoms with Crippen LogP contribution in [-0.4, -0.2) is 0 Å². The van der Waals surface area contributed by atoms with Crippen LogP contribution in [-0.2, 0) is 0 Å². The summed E-state index contributed by atoms with van der Waals surface area (Å²) >= 11 is 0. The van der Waals surface area contributed by atoms with Crippen LogP contribution in [0.15, 0.2) is 22.0 Å². The molecular weight excluding hydrogens is 304 g/mol. The first-order valence-corrected chi connectivity index (χ1v) is 11.1. The lowest BCUT2D eigenvalue weighted by Crippen LogP contribution is -2.30. The number of hydrogen-bond acceptors (Lipinski definition) is 2. The average Bonchev–Trinajstić information content (AvgIpc) is 2.95.